The molecule has 100 valence electrons. The molecule has 1 N–H and O–H groups in total. The molecule has 1 aliphatic rings. The van der Waals surface area contributed by atoms with Crippen LogP contribution in [0.5, 0.6) is 0 Å². The van der Waals surface area contributed by atoms with Crippen molar-refractivity contribution in [2.75, 3.05) is 12.3 Å². The van der Waals surface area contributed by atoms with Gasteiger partial charge in [0.15, 0.2) is 0 Å². The maximum absolute atomic E-state index is 3.68. The summed E-state index contributed by atoms with van der Waals surface area (Å²) in [7, 11) is 0. The zero-order valence-corrected chi connectivity index (χ0v) is 13.4. The maximum atomic E-state index is 3.68. The lowest BCUT2D eigenvalue weighted by Gasteiger charge is -2.24. The third kappa shape index (κ3) is 4.29. The zero-order chi connectivity index (χ0) is 12.8. The molecule has 0 radical (unpaired) electrons. The Hall–Kier alpha value is 0.01000. The van der Waals surface area contributed by atoms with Crippen molar-refractivity contribution < 1.29 is 0 Å². The average Bonchev–Trinajstić information content (AvgIpc) is 2.88. The normalized spacial score (nSPS) is 18.1. The Morgan fingerprint density at radius 3 is 2.83 bits per heavy atom. The molecule has 0 aromatic heterocycles. The number of benzene rings is 1. The van der Waals surface area contributed by atoms with Gasteiger partial charge in [-0.05, 0) is 43.5 Å². The summed E-state index contributed by atoms with van der Waals surface area (Å²) in [5.41, 5.74) is 0. The van der Waals surface area contributed by atoms with E-state index in [2.05, 4.69) is 52.4 Å². The van der Waals surface area contributed by atoms with Gasteiger partial charge in [0, 0.05) is 21.2 Å². The number of hydrogen-bond donors (Lipinski definition) is 1. The molecule has 1 fully saturated rings. The molecule has 1 aromatic carbocycles. The molecule has 1 saturated carbocycles. The fourth-order valence-electron chi connectivity index (χ4n) is 2.73. The van der Waals surface area contributed by atoms with Crippen LogP contribution in [0.3, 0.4) is 0 Å². The largest absolute Gasteiger partial charge is 0.313 e. The monoisotopic (exact) mass is 327 g/mol. The Morgan fingerprint density at radius 2 is 2.17 bits per heavy atom. The zero-order valence-electron chi connectivity index (χ0n) is 11.0. The highest BCUT2D eigenvalue weighted by Gasteiger charge is 2.24. The minimum absolute atomic E-state index is 0.682. The molecule has 1 unspecified atom stereocenters. The lowest BCUT2D eigenvalue weighted by molar-refractivity contribution is 0.394. The van der Waals surface area contributed by atoms with Crippen LogP contribution in [0.1, 0.15) is 32.6 Å². The van der Waals surface area contributed by atoms with Gasteiger partial charge in [-0.25, -0.2) is 0 Å². The highest BCUT2D eigenvalue weighted by atomic mass is 79.9. The van der Waals surface area contributed by atoms with Gasteiger partial charge < -0.3 is 5.32 Å². The van der Waals surface area contributed by atoms with Crippen LogP contribution in [-0.2, 0) is 0 Å². The fraction of sp³-hybridized carbons (Fsp3) is 0.600. The van der Waals surface area contributed by atoms with Crippen molar-refractivity contribution in [2.45, 2.75) is 43.5 Å². The van der Waals surface area contributed by atoms with Crippen molar-refractivity contribution in [3.63, 3.8) is 0 Å². The first-order valence-corrected chi connectivity index (χ1v) is 8.69. The highest BCUT2D eigenvalue weighted by Crippen LogP contribution is 2.31. The molecule has 3 heteroatoms. The van der Waals surface area contributed by atoms with E-state index in [9.17, 15) is 0 Å². The summed E-state index contributed by atoms with van der Waals surface area (Å²) >= 11 is 5.51. The average molecular weight is 328 g/mol. The van der Waals surface area contributed by atoms with Gasteiger partial charge in [-0.2, -0.15) is 0 Å². The Morgan fingerprint density at radius 1 is 1.39 bits per heavy atom. The molecule has 1 atom stereocenters. The third-order valence-corrected chi connectivity index (χ3v) is 5.27. The number of hydrogen-bond acceptors (Lipinski definition) is 2. The summed E-state index contributed by atoms with van der Waals surface area (Å²) in [6.45, 7) is 3.30. The van der Waals surface area contributed by atoms with Crippen LogP contribution in [0, 0.1) is 5.92 Å². The smallest absolute Gasteiger partial charge is 0.0189 e. The van der Waals surface area contributed by atoms with Crippen LogP contribution < -0.4 is 5.32 Å². The van der Waals surface area contributed by atoms with Gasteiger partial charge in [-0.3, -0.25) is 0 Å². The van der Waals surface area contributed by atoms with Crippen molar-refractivity contribution in [3.8, 4) is 0 Å². The van der Waals surface area contributed by atoms with Crippen LogP contribution in [0.25, 0.3) is 0 Å². The van der Waals surface area contributed by atoms with Crippen LogP contribution in [0.2, 0.25) is 0 Å². The standard InChI is InChI=1S/C15H22BrNS/c1-2-17-15(12-6-3-4-7-12)11-18-14-9-5-8-13(16)10-14/h5,8-10,12,15,17H,2-4,6-7,11H2,1H3. The van der Waals surface area contributed by atoms with E-state index in [4.69, 9.17) is 0 Å². The lowest BCUT2D eigenvalue weighted by atomic mass is 10.00. The van der Waals surface area contributed by atoms with Crippen LogP contribution in [0.15, 0.2) is 33.6 Å². The van der Waals surface area contributed by atoms with Gasteiger partial charge in [-0.15, -0.1) is 11.8 Å². The summed E-state index contributed by atoms with van der Waals surface area (Å²) in [5.74, 6) is 2.08. The molecule has 0 spiro atoms. The van der Waals surface area contributed by atoms with Crippen molar-refractivity contribution in [1.29, 1.82) is 0 Å². The summed E-state index contributed by atoms with van der Waals surface area (Å²) in [4.78, 5) is 1.37. The summed E-state index contributed by atoms with van der Waals surface area (Å²) in [6.07, 6.45) is 5.68. The van der Waals surface area contributed by atoms with Gasteiger partial charge in [0.25, 0.3) is 0 Å². The second kappa shape index (κ2) is 7.56. The molecule has 1 nitrogen and oxygen atoms in total. The molecule has 0 bridgehead atoms. The molecule has 1 aliphatic carbocycles. The SMILES string of the molecule is CCNC(CSc1cccc(Br)c1)C1CCCC1. The lowest BCUT2D eigenvalue weighted by Crippen LogP contribution is -2.37. The van der Waals surface area contributed by atoms with Crippen molar-refractivity contribution >= 4 is 27.7 Å². The van der Waals surface area contributed by atoms with E-state index in [0.29, 0.717) is 6.04 Å². The summed E-state index contributed by atoms with van der Waals surface area (Å²) in [5, 5.41) is 3.68. The Balaban J connectivity index is 1.88. The Bertz CT molecular complexity index is 363. The van der Waals surface area contributed by atoms with Gasteiger partial charge in [-0.1, -0.05) is 41.8 Å². The van der Waals surface area contributed by atoms with Crippen LogP contribution in [0.4, 0.5) is 0 Å². The van der Waals surface area contributed by atoms with Gasteiger partial charge in [0.1, 0.15) is 0 Å². The molecule has 0 saturated heterocycles. The topological polar surface area (TPSA) is 12.0 Å². The van der Waals surface area contributed by atoms with E-state index >= 15 is 0 Å². The number of nitrogens with one attached hydrogen (secondary N) is 1. The van der Waals surface area contributed by atoms with E-state index in [1.807, 2.05) is 11.8 Å². The van der Waals surface area contributed by atoms with Crippen LogP contribution in [-0.4, -0.2) is 18.3 Å². The molecule has 2 rings (SSSR count). The minimum Gasteiger partial charge on any atom is -0.313 e. The second-order valence-corrected chi connectivity index (χ2v) is 6.99. The quantitative estimate of drug-likeness (QED) is 0.759. The Kier molecular flexibility index (Phi) is 6.06. The molecular formula is C15H22BrNS. The first-order valence-electron chi connectivity index (χ1n) is 6.91. The molecule has 18 heavy (non-hydrogen) atoms. The first-order chi connectivity index (χ1) is 8.79. The predicted molar refractivity (Wildman–Crippen MR) is 84.3 cm³/mol. The third-order valence-electron chi connectivity index (χ3n) is 3.66. The van der Waals surface area contributed by atoms with E-state index < -0.39 is 0 Å². The predicted octanol–water partition coefficient (Wildman–Crippen LogP) is 4.71. The van der Waals surface area contributed by atoms with Crippen molar-refractivity contribution in [2.24, 2.45) is 5.92 Å². The maximum Gasteiger partial charge on any atom is 0.0189 e. The first kappa shape index (κ1) is 14.4. The van der Waals surface area contributed by atoms with E-state index in [1.54, 1.807) is 0 Å². The van der Waals surface area contributed by atoms with Gasteiger partial charge >= 0.3 is 0 Å². The number of halogens is 1. The summed E-state index contributed by atoms with van der Waals surface area (Å²) in [6, 6.07) is 9.30. The van der Waals surface area contributed by atoms with Gasteiger partial charge in [0.05, 0.1) is 0 Å². The fourth-order valence-corrected chi connectivity index (χ4v) is 4.42. The molecular weight excluding hydrogens is 306 g/mol. The van der Waals surface area contributed by atoms with E-state index in [1.165, 1.54) is 40.8 Å². The van der Waals surface area contributed by atoms with E-state index in [0.717, 1.165) is 12.5 Å². The minimum atomic E-state index is 0.682. The number of rotatable bonds is 6. The number of thioether (sulfide) groups is 1. The molecule has 0 aliphatic heterocycles. The second-order valence-electron chi connectivity index (χ2n) is 4.98. The van der Waals surface area contributed by atoms with Crippen molar-refractivity contribution in [1.82, 2.24) is 5.32 Å². The Labute approximate surface area is 123 Å². The van der Waals surface area contributed by atoms with E-state index in [-0.39, 0.29) is 0 Å². The summed E-state index contributed by atoms with van der Waals surface area (Å²) < 4.78 is 1.17. The van der Waals surface area contributed by atoms with Gasteiger partial charge in [0.2, 0.25) is 0 Å². The molecule has 1 aromatic rings. The van der Waals surface area contributed by atoms with Crippen LogP contribution >= 0.6 is 27.7 Å². The molecule has 0 amide bonds. The highest BCUT2D eigenvalue weighted by molar-refractivity contribution is 9.10. The van der Waals surface area contributed by atoms with Crippen molar-refractivity contribution in [3.05, 3.63) is 28.7 Å². The molecule has 0 heterocycles.